The Hall–Kier alpha value is -1.54. The Morgan fingerprint density at radius 1 is 1.35 bits per heavy atom. The number of sulfonamides is 1. The number of nitrogens with one attached hydrogen (secondary N) is 1. The lowest BCUT2D eigenvalue weighted by atomic mass is 10.3. The SMILES string of the molecule is Nc1cc(S(=O)(=O)Nc2ccon2)ccc1Br. The Morgan fingerprint density at radius 3 is 2.71 bits per heavy atom. The van der Waals surface area contributed by atoms with Crippen LogP contribution in [0.5, 0.6) is 0 Å². The number of hydrogen-bond acceptors (Lipinski definition) is 5. The molecule has 0 amide bonds. The highest BCUT2D eigenvalue weighted by molar-refractivity contribution is 9.10. The molecule has 0 saturated heterocycles. The van der Waals surface area contributed by atoms with Crippen molar-refractivity contribution in [2.75, 3.05) is 10.5 Å². The standard InChI is InChI=1S/C9H8BrN3O3S/c10-7-2-1-6(5-8(7)11)17(14,15)13-9-3-4-16-12-9/h1-5H,11H2,(H,12,13). The number of hydrogen-bond donors (Lipinski definition) is 2. The van der Waals surface area contributed by atoms with Crippen molar-refractivity contribution in [3.8, 4) is 0 Å². The lowest BCUT2D eigenvalue weighted by Crippen LogP contribution is -2.13. The summed E-state index contributed by atoms with van der Waals surface area (Å²) in [4.78, 5) is 0.0567. The third-order valence-corrected chi connectivity index (χ3v) is 4.03. The van der Waals surface area contributed by atoms with Crippen molar-refractivity contribution in [3.63, 3.8) is 0 Å². The van der Waals surface area contributed by atoms with E-state index in [0.29, 0.717) is 10.2 Å². The first-order chi connectivity index (χ1) is 7.99. The average Bonchev–Trinajstić information content (AvgIpc) is 2.73. The number of aromatic nitrogens is 1. The van der Waals surface area contributed by atoms with Crippen molar-refractivity contribution in [1.82, 2.24) is 5.16 Å². The molecule has 0 fully saturated rings. The van der Waals surface area contributed by atoms with E-state index in [-0.39, 0.29) is 10.7 Å². The fourth-order valence-electron chi connectivity index (χ4n) is 1.15. The van der Waals surface area contributed by atoms with E-state index in [1.54, 1.807) is 6.07 Å². The maximum Gasteiger partial charge on any atom is 0.263 e. The number of nitrogens with two attached hydrogens (primary N) is 1. The molecule has 1 heterocycles. The van der Waals surface area contributed by atoms with E-state index in [4.69, 9.17) is 5.73 Å². The van der Waals surface area contributed by atoms with Crippen LogP contribution in [0, 0.1) is 0 Å². The largest absolute Gasteiger partial charge is 0.398 e. The van der Waals surface area contributed by atoms with Gasteiger partial charge in [-0.2, -0.15) is 0 Å². The smallest absolute Gasteiger partial charge is 0.263 e. The molecule has 2 rings (SSSR count). The van der Waals surface area contributed by atoms with E-state index in [1.165, 1.54) is 24.5 Å². The van der Waals surface area contributed by atoms with Crippen molar-refractivity contribution >= 4 is 37.5 Å². The monoisotopic (exact) mass is 317 g/mol. The zero-order valence-electron chi connectivity index (χ0n) is 8.42. The Kier molecular flexibility index (Phi) is 3.07. The minimum atomic E-state index is -3.70. The van der Waals surface area contributed by atoms with Gasteiger partial charge >= 0.3 is 0 Å². The summed E-state index contributed by atoms with van der Waals surface area (Å²) in [6.07, 6.45) is 1.27. The number of halogens is 1. The fraction of sp³-hybridized carbons (Fsp3) is 0. The highest BCUT2D eigenvalue weighted by Gasteiger charge is 2.16. The maximum atomic E-state index is 11.9. The molecule has 1 aromatic carbocycles. The third kappa shape index (κ3) is 2.59. The molecule has 0 radical (unpaired) electrons. The second-order valence-corrected chi connectivity index (χ2v) is 5.71. The minimum Gasteiger partial charge on any atom is -0.398 e. The lowest BCUT2D eigenvalue weighted by Gasteiger charge is -2.06. The average molecular weight is 318 g/mol. The van der Waals surface area contributed by atoms with Gasteiger partial charge in [0.1, 0.15) is 6.26 Å². The molecule has 17 heavy (non-hydrogen) atoms. The van der Waals surface area contributed by atoms with Crippen molar-refractivity contribution in [2.45, 2.75) is 4.90 Å². The van der Waals surface area contributed by atoms with E-state index < -0.39 is 10.0 Å². The molecule has 0 aliphatic rings. The quantitative estimate of drug-likeness (QED) is 0.841. The topological polar surface area (TPSA) is 98.2 Å². The second-order valence-electron chi connectivity index (χ2n) is 3.17. The molecule has 0 aliphatic carbocycles. The number of anilines is 2. The summed E-state index contributed by atoms with van der Waals surface area (Å²) in [5.41, 5.74) is 5.96. The van der Waals surface area contributed by atoms with Gasteiger partial charge in [0.05, 0.1) is 4.90 Å². The van der Waals surface area contributed by atoms with Gasteiger partial charge in [-0.25, -0.2) is 8.42 Å². The van der Waals surface area contributed by atoms with Crippen molar-refractivity contribution < 1.29 is 12.9 Å². The van der Waals surface area contributed by atoms with Crippen LogP contribution in [0.25, 0.3) is 0 Å². The Balaban J connectivity index is 2.35. The van der Waals surface area contributed by atoms with Gasteiger partial charge in [-0.1, -0.05) is 5.16 Å². The van der Waals surface area contributed by atoms with E-state index in [1.807, 2.05) is 0 Å². The highest BCUT2D eigenvalue weighted by atomic mass is 79.9. The predicted octanol–water partition coefficient (Wildman–Crippen LogP) is 1.82. The molecule has 0 spiro atoms. The van der Waals surface area contributed by atoms with Crippen LogP contribution < -0.4 is 10.5 Å². The van der Waals surface area contributed by atoms with Crippen LogP contribution in [-0.2, 0) is 10.0 Å². The normalized spacial score (nSPS) is 11.4. The van der Waals surface area contributed by atoms with Gasteiger partial charge in [0, 0.05) is 16.2 Å². The van der Waals surface area contributed by atoms with Gasteiger partial charge in [-0.15, -0.1) is 0 Å². The second kappa shape index (κ2) is 4.38. The molecular weight excluding hydrogens is 310 g/mol. The van der Waals surface area contributed by atoms with Crippen molar-refractivity contribution in [3.05, 3.63) is 35.0 Å². The molecule has 90 valence electrons. The summed E-state index contributed by atoms with van der Waals surface area (Å²) >= 11 is 3.19. The summed E-state index contributed by atoms with van der Waals surface area (Å²) in [6.45, 7) is 0. The predicted molar refractivity (Wildman–Crippen MR) is 65.9 cm³/mol. The highest BCUT2D eigenvalue weighted by Crippen LogP contribution is 2.23. The van der Waals surface area contributed by atoms with Gasteiger partial charge < -0.3 is 10.3 Å². The number of nitrogens with zero attached hydrogens (tertiary/aromatic N) is 1. The van der Waals surface area contributed by atoms with Gasteiger partial charge in [0.25, 0.3) is 10.0 Å². The van der Waals surface area contributed by atoms with Gasteiger partial charge in [-0.05, 0) is 34.1 Å². The number of benzene rings is 1. The summed E-state index contributed by atoms with van der Waals surface area (Å²) in [7, 11) is -3.70. The first-order valence-electron chi connectivity index (χ1n) is 4.47. The minimum absolute atomic E-state index is 0.0567. The van der Waals surface area contributed by atoms with Crippen LogP contribution in [-0.4, -0.2) is 13.6 Å². The van der Waals surface area contributed by atoms with Crippen LogP contribution in [0.15, 0.2) is 44.4 Å². The fourth-order valence-corrected chi connectivity index (χ4v) is 2.43. The summed E-state index contributed by atoms with van der Waals surface area (Å²) in [5.74, 6) is 0.117. The van der Waals surface area contributed by atoms with E-state index >= 15 is 0 Å². The molecule has 0 bridgehead atoms. The summed E-state index contributed by atoms with van der Waals surface area (Å²) in [5, 5.41) is 3.46. The van der Waals surface area contributed by atoms with Crippen LogP contribution in [0.4, 0.5) is 11.5 Å². The van der Waals surface area contributed by atoms with Crippen LogP contribution >= 0.6 is 15.9 Å². The third-order valence-electron chi connectivity index (χ3n) is 1.95. The Bertz CT molecular complexity index is 625. The molecular formula is C9H8BrN3O3S. The number of nitrogen functional groups attached to an aromatic ring is 1. The first-order valence-corrected chi connectivity index (χ1v) is 6.75. The van der Waals surface area contributed by atoms with Crippen LogP contribution in [0.1, 0.15) is 0 Å². The van der Waals surface area contributed by atoms with Crippen molar-refractivity contribution in [1.29, 1.82) is 0 Å². The van der Waals surface area contributed by atoms with Crippen LogP contribution in [0.3, 0.4) is 0 Å². The van der Waals surface area contributed by atoms with E-state index in [9.17, 15) is 8.42 Å². The lowest BCUT2D eigenvalue weighted by molar-refractivity contribution is 0.423. The molecule has 6 nitrogen and oxygen atoms in total. The van der Waals surface area contributed by atoms with E-state index in [2.05, 4.69) is 30.3 Å². The zero-order valence-corrected chi connectivity index (χ0v) is 10.8. The Morgan fingerprint density at radius 2 is 2.12 bits per heavy atom. The molecule has 0 unspecified atom stereocenters. The molecule has 0 aliphatic heterocycles. The summed E-state index contributed by atoms with van der Waals surface area (Å²) < 4.78 is 31.2. The van der Waals surface area contributed by atoms with Gasteiger partial charge in [0.2, 0.25) is 0 Å². The molecule has 8 heteroatoms. The first kappa shape index (κ1) is 11.9. The van der Waals surface area contributed by atoms with Crippen LogP contribution in [0.2, 0.25) is 0 Å². The molecule has 3 N–H and O–H groups in total. The van der Waals surface area contributed by atoms with Gasteiger partial charge in [-0.3, -0.25) is 4.72 Å². The summed E-state index contributed by atoms with van der Waals surface area (Å²) in [6, 6.07) is 5.75. The van der Waals surface area contributed by atoms with Crippen molar-refractivity contribution in [2.24, 2.45) is 0 Å². The maximum absolute atomic E-state index is 11.9. The molecule has 2 aromatic rings. The number of rotatable bonds is 3. The molecule has 0 atom stereocenters. The zero-order chi connectivity index (χ0) is 12.5. The Labute approximate surface area is 106 Å². The van der Waals surface area contributed by atoms with E-state index in [0.717, 1.165) is 0 Å². The van der Waals surface area contributed by atoms with Gasteiger partial charge in [0.15, 0.2) is 5.82 Å². The molecule has 1 aromatic heterocycles. The molecule has 0 saturated carbocycles.